The first-order valence-corrected chi connectivity index (χ1v) is 2.93. The lowest BCUT2D eigenvalue weighted by Gasteiger charge is -2.08. The van der Waals surface area contributed by atoms with Crippen molar-refractivity contribution in [2.24, 2.45) is 0 Å². The molecule has 0 saturated carbocycles. The summed E-state index contributed by atoms with van der Waals surface area (Å²) in [5.41, 5.74) is 1.79. The van der Waals surface area contributed by atoms with Gasteiger partial charge in [-0.3, -0.25) is 9.59 Å². The van der Waals surface area contributed by atoms with Gasteiger partial charge in [0.25, 0.3) is 0 Å². The third-order valence-electron chi connectivity index (χ3n) is 1.07. The molecule has 0 spiro atoms. The van der Waals surface area contributed by atoms with Gasteiger partial charge in [-0.2, -0.15) is 0 Å². The second-order valence-corrected chi connectivity index (χ2v) is 1.89. The summed E-state index contributed by atoms with van der Waals surface area (Å²) >= 11 is 0. The molecule has 0 unspecified atom stereocenters. The fourth-order valence-electron chi connectivity index (χ4n) is 0.593. The summed E-state index contributed by atoms with van der Waals surface area (Å²) in [5.74, 6) is -0.819. The van der Waals surface area contributed by atoms with Crippen LogP contribution in [-0.2, 0) is 19.3 Å². The third kappa shape index (κ3) is 2.02. The molecule has 0 aliphatic carbocycles. The normalized spacial score (nSPS) is 20.4. The minimum atomic E-state index is -0.410. The first-order valence-electron chi connectivity index (χ1n) is 2.93. The second-order valence-electron chi connectivity index (χ2n) is 1.89. The molecule has 0 aromatic heterocycles. The van der Waals surface area contributed by atoms with Gasteiger partial charge in [0.05, 0.1) is 0 Å². The van der Waals surface area contributed by atoms with Crippen LogP contribution in [0.2, 0.25) is 0 Å². The highest BCUT2D eigenvalue weighted by atomic mass is 16.9. The summed E-state index contributed by atoms with van der Waals surface area (Å²) in [5, 5.41) is 0. The van der Waals surface area contributed by atoms with Crippen molar-refractivity contribution in [2.75, 3.05) is 0 Å². The number of carbonyl (C=O) groups is 2. The summed E-state index contributed by atoms with van der Waals surface area (Å²) in [6.07, 6.45) is 0.990. The Morgan fingerprint density at radius 3 is 2.10 bits per heavy atom. The highest BCUT2D eigenvalue weighted by Gasteiger charge is 2.11. The van der Waals surface area contributed by atoms with Crippen LogP contribution in [0, 0.1) is 0 Å². The molecule has 1 aliphatic rings. The molecule has 5 heteroatoms. The Balaban J connectivity index is 2.34. The largest absolute Gasteiger partial charge is 0.336 e. The molecule has 1 heterocycles. The van der Waals surface area contributed by atoms with E-state index in [0.717, 1.165) is 0 Å². The molecular weight excluding hydrogens is 138 g/mol. The second kappa shape index (κ2) is 3.17. The Morgan fingerprint density at radius 1 is 1.10 bits per heavy atom. The average Bonchev–Trinajstić information content (AvgIpc) is 1.84. The summed E-state index contributed by atoms with van der Waals surface area (Å²) in [7, 11) is 0. The zero-order valence-corrected chi connectivity index (χ0v) is 5.25. The van der Waals surface area contributed by atoms with Gasteiger partial charge in [0.1, 0.15) is 0 Å². The maximum Gasteiger partial charge on any atom is 0.328 e. The van der Waals surface area contributed by atoms with Crippen LogP contribution in [0.4, 0.5) is 0 Å². The van der Waals surface area contributed by atoms with E-state index in [2.05, 4.69) is 9.68 Å². The Morgan fingerprint density at radius 2 is 1.60 bits per heavy atom. The van der Waals surface area contributed by atoms with E-state index in [1.807, 2.05) is 0 Å². The molecule has 0 amide bonds. The fourth-order valence-corrected chi connectivity index (χ4v) is 0.593. The zero-order valence-electron chi connectivity index (χ0n) is 5.25. The van der Waals surface area contributed by atoms with Crippen molar-refractivity contribution in [3.63, 3.8) is 0 Å². The van der Waals surface area contributed by atoms with Gasteiger partial charge in [0, 0.05) is 18.5 Å². The smallest absolute Gasteiger partial charge is 0.328 e. The van der Waals surface area contributed by atoms with E-state index in [0.29, 0.717) is 6.42 Å². The fraction of sp³-hybridized carbons (Fsp3) is 0.600. The number of carbonyl (C=O) groups excluding carboxylic acids is 2. The molecule has 0 atom stereocenters. The highest BCUT2D eigenvalue weighted by Crippen LogP contribution is 2.00. The molecule has 0 aromatic carbocycles. The topological polar surface area (TPSA) is 64.6 Å². The van der Waals surface area contributed by atoms with Crippen LogP contribution in [0.5, 0.6) is 0 Å². The van der Waals surface area contributed by atoms with Crippen molar-refractivity contribution in [3.8, 4) is 0 Å². The van der Waals surface area contributed by atoms with Gasteiger partial charge < -0.3 is 9.68 Å². The van der Waals surface area contributed by atoms with Crippen molar-refractivity contribution in [1.82, 2.24) is 5.64 Å². The monoisotopic (exact) mass is 145 g/mol. The first kappa shape index (κ1) is 7.01. The van der Waals surface area contributed by atoms with Crippen molar-refractivity contribution < 1.29 is 19.3 Å². The van der Waals surface area contributed by atoms with E-state index in [4.69, 9.17) is 0 Å². The lowest BCUT2D eigenvalue weighted by Crippen LogP contribution is -2.26. The Labute approximate surface area is 57.2 Å². The van der Waals surface area contributed by atoms with Crippen LogP contribution < -0.4 is 5.64 Å². The van der Waals surface area contributed by atoms with E-state index in [1.54, 1.807) is 5.64 Å². The maximum absolute atomic E-state index is 10.5. The minimum Gasteiger partial charge on any atom is -0.336 e. The number of nitrogens with one attached hydrogen (secondary N) is 1. The molecule has 1 saturated heterocycles. The molecule has 0 aromatic rings. The quantitative estimate of drug-likeness (QED) is 0.506. The molecule has 5 nitrogen and oxygen atoms in total. The summed E-state index contributed by atoms with van der Waals surface area (Å²) in [4.78, 5) is 29.4. The number of hydrogen-bond acceptors (Lipinski definition) is 5. The van der Waals surface area contributed by atoms with Crippen LogP contribution in [0.15, 0.2) is 0 Å². The van der Waals surface area contributed by atoms with Crippen molar-refractivity contribution in [2.45, 2.75) is 19.3 Å². The molecule has 56 valence electrons. The van der Waals surface area contributed by atoms with E-state index in [9.17, 15) is 9.59 Å². The Bertz CT molecular complexity index is 126. The first-order chi connectivity index (χ1) is 4.79. The van der Waals surface area contributed by atoms with Crippen LogP contribution in [0.3, 0.4) is 0 Å². The van der Waals surface area contributed by atoms with E-state index in [1.165, 1.54) is 0 Å². The van der Waals surface area contributed by atoms with Crippen LogP contribution >= 0.6 is 0 Å². The lowest BCUT2D eigenvalue weighted by molar-refractivity contribution is -0.201. The van der Waals surface area contributed by atoms with Gasteiger partial charge in [-0.05, 0) is 6.42 Å². The molecule has 1 aliphatic heterocycles. The maximum atomic E-state index is 10.5. The minimum absolute atomic E-state index is 0.252. The summed E-state index contributed by atoms with van der Waals surface area (Å²) in [6, 6.07) is 0. The molecule has 1 N–H and O–H groups in total. The number of hydrogen-bond donors (Lipinski definition) is 1. The molecule has 1 rings (SSSR count). The predicted octanol–water partition coefficient (Wildman–Crippen LogP) is -0.324. The van der Waals surface area contributed by atoms with Gasteiger partial charge in [0.2, 0.25) is 0 Å². The Hall–Kier alpha value is -1.10. The summed E-state index contributed by atoms with van der Waals surface area (Å²) < 4.78 is 0. The van der Waals surface area contributed by atoms with E-state index < -0.39 is 11.9 Å². The van der Waals surface area contributed by atoms with E-state index in [-0.39, 0.29) is 12.8 Å². The average molecular weight is 145 g/mol. The molecule has 0 radical (unpaired) electrons. The SMILES string of the molecule is O=C1CCCC(=O)ONO1. The Kier molecular flexibility index (Phi) is 2.22. The van der Waals surface area contributed by atoms with Crippen molar-refractivity contribution >= 4 is 11.9 Å². The van der Waals surface area contributed by atoms with Crippen LogP contribution in [0.25, 0.3) is 0 Å². The van der Waals surface area contributed by atoms with Crippen LogP contribution in [0.1, 0.15) is 19.3 Å². The van der Waals surface area contributed by atoms with E-state index >= 15 is 0 Å². The number of rotatable bonds is 0. The van der Waals surface area contributed by atoms with Gasteiger partial charge >= 0.3 is 11.9 Å². The summed E-state index contributed by atoms with van der Waals surface area (Å²) in [6.45, 7) is 0. The van der Waals surface area contributed by atoms with Crippen LogP contribution in [-0.4, -0.2) is 11.9 Å². The third-order valence-corrected chi connectivity index (χ3v) is 1.07. The molecular formula is C5H7NO4. The predicted molar refractivity (Wildman–Crippen MR) is 29.2 cm³/mol. The lowest BCUT2D eigenvalue weighted by atomic mass is 10.2. The van der Waals surface area contributed by atoms with Gasteiger partial charge in [-0.15, -0.1) is 0 Å². The van der Waals surface area contributed by atoms with Gasteiger partial charge in [0.15, 0.2) is 0 Å². The molecule has 10 heavy (non-hydrogen) atoms. The zero-order chi connectivity index (χ0) is 7.40. The van der Waals surface area contributed by atoms with Crippen molar-refractivity contribution in [3.05, 3.63) is 0 Å². The molecule has 0 bridgehead atoms. The van der Waals surface area contributed by atoms with Gasteiger partial charge in [-0.1, -0.05) is 0 Å². The van der Waals surface area contributed by atoms with Gasteiger partial charge in [-0.25, -0.2) is 0 Å². The van der Waals surface area contributed by atoms with Crippen molar-refractivity contribution in [1.29, 1.82) is 0 Å². The standard InChI is InChI=1S/C5H7NO4/c7-4-2-1-3-5(8)10-6-9-4/h6H,1-3H2. The molecule has 1 fully saturated rings. The highest BCUT2D eigenvalue weighted by molar-refractivity contribution is 5.73.